The predicted octanol–water partition coefficient (Wildman–Crippen LogP) is 4.04. The normalized spacial score (nSPS) is 11.5. The van der Waals surface area contributed by atoms with Gasteiger partial charge in [-0.25, -0.2) is 9.78 Å². The van der Waals surface area contributed by atoms with E-state index in [2.05, 4.69) is 72.1 Å². The Bertz CT molecular complexity index is 1300. The van der Waals surface area contributed by atoms with E-state index >= 15 is 0 Å². The third kappa shape index (κ3) is 4.29. The number of hydrogen-bond acceptors (Lipinski definition) is 4. The molecule has 0 unspecified atom stereocenters. The predicted molar refractivity (Wildman–Crippen MR) is 124 cm³/mol. The van der Waals surface area contributed by atoms with Crippen LogP contribution >= 0.6 is 0 Å². The van der Waals surface area contributed by atoms with Gasteiger partial charge >= 0.3 is 5.69 Å². The van der Waals surface area contributed by atoms with Crippen molar-refractivity contribution in [2.45, 2.75) is 59.4 Å². The van der Waals surface area contributed by atoms with Gasteiger partial charge in [-0.3, -0.25) is 9.78 Å². The number of fused-ring (bicyclic) bond motifs is 2. The second-order valence-corrected chi connectivity index (χ2v) is 8.10. The van der Waals surface area contributed by atoms with Crippen LogP contribution < -0.4 is 11.2 Å². The average Bonchev–Trinajstić information content (AvgIpc) is 2.75. The molecule has 31 heavy (non-hydrogen) atoms. The molecule has 6 nitrogen and oxygen atoms in total. The molecule has 0 fully saturated rings. The lowest BCUT2D eigenvalue weighted by atomic mass is 10.0. The zero-order valence-corrected chi connectivity index (χ0v) is 18.4. The summed E-state index contributed by atoms with van der Waals surface area (Å²) >= 11 is 0. The molecule has 2 aromatic carbocycles. The van der Waals surface area contributed by atoms with Gasteiger partial charge in [0.1, 0.15) is 0 Å². The van der Waals surface area contributed by atoms with Crippen LogP contribution in [-0.2, 0) is 25.8 Å². The van der Waals surface area contributed by atoms with Crippen LogP contribution in [0.25, 0.3) is 22.6 Å². The number of hydrogen-bond donors (Lipinski definition) is 1. The summed E-state index contributed by atoms with van der Waals surface area (Å²) in [4.78, 5) is 35.3. The van der Waals surface area contributed by atoms with Crippen molar-refractivity contribution < 1.29 is 0 Å². The molecule has 2 aliphatic rings. The zero-order chi connectivity index (χ0) is 22.0. The van der Waals surface area contributed by atoms with Gasteiger partial charge in [-0.15, -0.1) is 0 Å². The molecule has 2 aromatic rings. The Morgan fingerprint density at radius 1 is 0.968 bits per heavy atom. The molecule has 2 aliphatic heterocycles. The molecule has 0 spiro atoms. The van der Waals surface area contributed by atoms with Gasteiger partial charge in [0.15, 0.2) is 11.5 Å². The molecule has 0 aromatic heterocycles. The quantitative estimate of drug-likeness (QED) is 0.461. The summed E-state index contributed by atoms with van der Waals surface area (Å²) in [5.74, 6) is 0.352. The SMILES string of the molecule is CCCc1cc2nc3c(=O)[nH]c(=O)nc-3n(CCCc3ccc(CC)cc3)c2cc1C. The van der Waals surface area contributed by atoms with Crippen LogP contribution in [0.1, 0.15) is 48.9 Å². The fraction of sp³-hybridized carbons (Fsp3) is 0.360. The maximum atomic E-state index is 12.5. The molecular weight excluding hydrogens is 388 g/mol. The molecule has 0 amide bonds. The lowest BCUT2D eigenvalue weighted by Crippen LogP contribution is -2.29. The molecule has 1 N–H and O–H groups in total. The van der Waals surface area contributed by atoms with Crippen LogP contribution in [0.3, 0.4) is 0 Å². The fourth-order valence-electron chi connectivity index (χ4n) is 4.14. The van der Waals surface area contributed by atoms with Crippen molar-refractivity contribution in [1.29, 1.82) is 0 Å². The highest BCUT2D eigenvalue weighted by Gasteiger charge is 2.19. The Balaban J connectivity index is 1.77. The maximum Gasteiger partial charge on any atom is 0.349 e. The van der Waals surface area contributed by atoms with E-state index in [1.165, 1.54) is 22.3 Å². The summed E-state index contributed by atoms with van der Waals surface area (Å²) in [5.41, 5.74) is 5.78. The summed E-state index contributed by atoms with van der Waals surface area (Å²) in [7, 11) is 0. The first-order valence-corrected chi connectivity index (χ1v) is 11.0. The van der Waals surface area contributed by atoms with E-state index in [9.17, 15) is 9.59 Å². The minimum Gasteiger partial charge on any atom is -0.322 e. The van der Waals surface area contributed by atoms with Gasteiger partial charge in [-0.05, 0) is 67.0 Å². The summed E-state index contributed by atoms with van der Waals surface area (Å²) in [5, 5.41) is 0. The number of aromatic nitrogens is 4. The third-order valence-electron chi connectivity index (χ3n) is 5.86. The number of rotatable bonds is 7. The van der Waals surface area contributed by atoms with Crippen LogP contribution in [0.4, 0.5) is 0 Å². The van der Waals surface area contributed by atoms with Gasteiger partial charge in [0.05, 0.1) is 11.0 Å². The Hall–Kier alpha value is -3.28. The molecule has 6 heteroatoms. The Morgan fingerprint density at radius 3 is 2.42 bits per heavy atom. The number of benzene rings is 2. The van der Waals surface area contributed by atoms with Gasteiger partial charge in [0, 0.05) is 6.54 Å². The zero-order valence-electron chi connectivity index (χ0n) is 18.4. The van der Waals surface area contributed by atoms with Crippen LogP contribution in [-0.4, -0.2) is 19.5 Å². The fourth-order valence-corrected chi connectivity index (χ4v) is 4.14. The van der Waals surface area contributed by atoms with Crippen LogP contribution in [0.15, 0.2) is 46.0 Å². The first-order chi connectivity index (χ1) is 15.0. The van der Waals surface area contributed by atoms with Crippen LogP contribution in [0, 0.1) is 6.92 Å². The monoisotopic (exact) mass is 416 g/mol. The van der Waals surface area contributed by atoms with Crippen molar-refractivity contribution >= 4 is 11.0 Å². The first-order valence-electron chi connectivity index (χ1n) is 11.0. The van der Waals surface area contributed by atoms with Gasteiger partial charge in [-0.1, -0.05) is 44.5 Å². The van der Waals surface area contributed by atoms with E-state index in [1.807, 2.05) is 4.57 Å². The summed E-state index contributed by atoms with van der Waals surface area (Å²) in [6.45, 7) is 7.04. The number of nitrogens with zero attached hydrogens (tertiary/aromatic N) is 3. The van der Waals surface area contributed by atoms with Gasteiger partial charge in [-0.2, -0.15) is 4.98 Å². The second kappa shape index (κ2) is 8.84. The standard InChI is InChI=1S/C25H28N4O2/c1-4-7-19-15-20-21(14-16(19)3)29(23-22(26-20)24(30)28-25(31)27-23)13-6-8-18-11-9-17(5-2)10-12-18/h9-12,14-15H,4-8,13H2,1-3H3,(H,28,30,31). The first kappa shape index (κ1) is 21.0. The molecule has 0 aliphatic carbocycles. The highest BCUT2D eigenvalue weighted by molar-refractivity contribution is 5.81. The summed E-state index contributed by atoms with van der Waals surface area (Å²) in [6.07, 6.45) is 4.80. The van der Waals surface area contributed by atoms with Gasteiger partial charge < -0.3 is 4.57 Å². The van der Waals surface area contributed by atoms with Crippen LogP contribution in [0.2, 0.25) is 0 Å². The van der Waals surface area contributed by atoms with E-state index < -0.39 is 11.2 Å². The summed E-state index contributed by atoms with van der Waals surface area (Å²) in [6, 6.07) is 12.9. The van der Waals surface area contributed by atoms with Gasteiger partial charge in [0.25, 0.3) is 5.56 Å². The van der Waals surface area contributed by atoms with E-state index in [0.29, 0.717) is 12.4 Å². The number of H-pyrrole nitrogens is 1. The Labute approximate surface area is 181 Å². The van der Waals surface area contributed by atoms with Crippen LogP contribution in [0.5, 0.6) is 0 Å². The van der Waals surface area contributed by atoms with E-state index in [1.54, 1.807) is 0 Å². The van der Waals surface area contributed by atoms with Crippen molar-refractivity contribution in [2.75, 3.05) is 0 Å². The van der Waals surface area contributed by atoms with Crippen molar-refractivity contribution in [1.82, 2.24) is 19.5 Å². The molecular formula is C25H28N4O2. The topological polar surface area (TPSA) is 80.6 Å². The molecule has 0 bridgehead atoms. The van der Waals surface area contributed by atoms with Crippen molar-refractivity contribution in [2.24, 2.45) is 0 Å². The molecule has 0 saturated heterocycles. The Morgan fingerprint density at radius 2 is 1.71 bits per heavy atom. The highest BCUT2D eigenvalue weighted by atomic mass is 16.2. The molecule has 0 radical (unpaired) electrons. The summed E-state index contributed by atoms with van der Waals surface area (Å²) < 4.78 is 1.98. The number of aryl methyl sites for hydroxylation is 5. The maximum absolute atomic E-state index is 12.5. The van der Waals surface area contributed by atoms with E-state index in [0.717, 1.165) is 43.1 Å². The van der Waals surface area contributed by atoms with Crippen molar-refractivity contribution in [3.63, 3.8) is 0 Å². The largest absolute Gasteiger partial charge is 0.349 e. The Kier molecular flexibility index (Phi) is 5.98. The van der Waals surface area contributed by atoms with E-state index in [4.69, 9.17) is 0 Å². The van der Waals surface area contributed by atoms with Crippen molar-refractivity contribution in [3.05, 3.63) is 79.5 Å². The minimum atomic E-state index is -0.637. The lowest BCUT2D eigenvalue weighted by Gasteiger charge is -2.18. The molecule has 0 saturated carbocycles. The molecule has 4 rings (SSSR count). The lowest BCUT2D eigenvalue weighted by molar-refractivity contribution is 0.648. The number of nitrogens with one attached hydrogen (secondary N) is 1. The third-order valence-corrected chi connectivity index (χ3v) is 5.86. The smallest absolute Gasteiger partial charge is 0.322 e. The minimum absolute atomic E-state index is 0.214. The van der Waals surface area contributed by atoms with E-state index in [-0.39, 0.29) is 5.69 Å². The van der Waals surface area contributed by atoms with Crippen molar-refractivity contribution in [3.8, 4) is 11.5 Å². The molecule has 2 heterocycles. The average molecular weight is 417 g/mol. The van der Waals surface area contributed by atoms with Gasteiger partial charge in [0.2, 0.25) is 0 Å². The molecule has 160 valence electrons. The second-order valence-electron chi connectivity index (χ2n) is 8.10. The highest BCUT2D eigenvalue weighted by Crippen LogP contribution is 2.25. The molecule has 0 atom stereocenters. The number of aromatic amines is 1.